The maximum Gasteiger partial charge on any atom is 0.119 e. The molecular weight excluding hydrogens is 306 g/mol. The van der Waals surface area contributed by atoms with Crippen LogP contribution in [0.3, 0.4) is 0 Å². The molecule has 0 saturated carbocycles. The Morgan fingerprint density at radius 2 is 1.95 bits per heavy atom. The van der Waals surface area contributed by atoms with Crippen LogP contribution >= 0.6 is 11.6 Å². The first-order chi connectivity index (χ1) is 10.1. The van der Waals surface area contributed by atoms with Crippen molar-refractivity contribution in [1.29, 1.82) is 0 Å². The third-order valence-electron chi connectivity index (χ3n) is 3.85. The summed E-state index contributed by atoms with van der Waals surface area (Å²) in [6, 6.07) is 12.7. The molecule has 0 aliphatic heterocycles. The van der Waals surface area contributed by atoms with Crippen LogP contribution in [-0.4, -0.2) is 16.6 Å². The highest BCUT2D eigenvalue weighted by molar-refractivity contribution is 7.85. The lowest BCUT2D eigenvalue weighted by atomic mass is 10.1. The Kier molecular flexibility index (Phi) is 4.02. The number of nitrogens with two attached hydrogens (primary N) is 1. The van der Waals surface area contributed by atoms with Gasteiger partial charge in [-0.15, -0.1) is 0 Å². The van der Waals surface area contributed by atoms with Crippen molar-refractivity contribution in [2.24, 2.45) is 5.73 Å². The SMILES string of the molecule is COc1ccc2c(c1)C(N)C(S(=O)c1ccc(Cl)cc1)C2. The minimum atomic E-state index is -1.16. The van der Waals surface area contributed by atoms with Gasteiger partial charge >= 0.3 is 0 Å². The summed E-state index contributed by atoms with van der Waals surface area (Å²) >= 11 is 5.87. The van der Waals surface area contributed by atoms with E-state index in [9.17, 15) is 4.21 Å². The Hall–Kier alpha value is -1.36. The second-order valence-corrected chi connectivity index (χ2v) is 7.19. The summed E-state index contributed by atoms with van der Waals surface area (Å²) in [5.74, 6) is 0.780. The van der Waals surface area contributed by atoms with E-state index in [2.05, 4.69) is 0 Å². The van der Waals surface area contributed by atoms with Crippen LogP contribution in [0.4, 0.5) is 0 Å². The summed E-state index contributed by atoms with van der Waals surface area (Å²) in [6.07, 6.45) is 0.718. The van der Waals surface area contributed by atoms with Gasteiger partial charge in [0.05, 0.1) is 23.2 Å². The topological polar surface area (TPSA) is 52.3 Å². The highest BCUT2D eigenvalue weighted by Crippen LogP contribution is 2.36. The van der Waals surface area contributed by atoms with Gasteiger partial charge in [-0.25, -0.2) is 0 Å². The van der Waals surface area contributed by atoms with Crippen molar-refractivity contribution >= 4 is 22.4 Å². The summed E-state index contributed by atoms with van der Waals surface area (Å²) in [5, 5.41) is 0.521. The van der Waals surface area contributed by atoms with Crippen LogP contribution < -0.4 is 10.5 Å². The van der Waals surface area contributed by atoms with Crippen molar-refractivity contribution < 1.29 is 8.95 Å². The number of hydrogen-bond acceptors (Lipinski definition) is 3. The fraction of sp³-hybridized carbons (Fsp3) is 0.250. The highest BCUT2D eigenvalue weighted by Gasteiger charge is 2.34. The Morgan fingerprint density at radius 3 is 2.62 bits per heavy atom. The van der Waals surface area contributed by atoms with Gasteiger partial charge in [0.2, 0.25) is 0 Å². The Labute approximate surface area is 131 Å². The third kappa shape index (κ3) is 2.71. The molecule has 0 heterocycles. The van der Waals surface area contributed by atoms with E-state index >= 15 is 0 Å². The van der Waals surface area contributed by atoms with E-state index in [-0.39, 0.29) is 11.3 Å². The molecule has 1 aliphatic carbocycles. The lowest BCUT2D eigenvalue weighted by molar-refractivity contribution is 0.414. The largest absolute Gasteiger partial charge is 0.497 e. The van der Waals surface area contributed by atoms with Crippen LogP contribution in [0.25, 0.3) is 0 Å². The zero-order chi connectivity index (χ0) is 15.0. The maximum absolute atomic E-state index is 12.7. The lowest BCUT2D eigenvalue weighted by Gasteiger charge is -2.16. The van der Waals surface area contributed by atoms with E-state index in [0.717, 1.165) is 28.2 Å². The molecule has 2 N–H and O–H groups in total. The van der Waals surface area contributed by atoms with Crippen molar-refractivity contribution in [2.45, 2.75) is 22.6 Å². The van der Waals surface area contributed by atoms with E-state index in [1.54, 1.807) is 31.4 Å². The number of benzene rings is 2. The monoisotopic (exact) mass is 321 g/mol. The van der Waals surface area contributed by atoms with Gasteiger partial charge in [0.1, 0.15) is 5.75 Å². The molecule has 0 spiro atoms. The van der Waals surface area contributed by atoms with Gasteiger partial charge in [-0.3, -0.25) is 4.21 Å². The predicted octanol–water partition coefficient (Wildman–Crippen LogP) is 3.08. The summed E-state index contributed by atoms with van der Waals surface area (Å²) in [5.41, 5.74) is 8.49. The molecule has 1 aliphatic rings. The van der Waals surface area contributed by atoms with Crippen LogP contribution in [-0.2, 0) is 17.2 Å². The number of ether oxygens (including phenoxy) is 1. The highest BCUT2D eigenvalue weighted by atomic mass is 35.5. The summed E-state index contributed by atoms with van der Waals surface area (Å²) < 4.78 is 18.0. The van der Waals surface area contributed by atoms with Crippen molar-refractivity contribution in [3.8, 4) is 5.75 Å². The van der Waals surface area contributed by atoms with Crippen molar-refractivity contribution in [3.05, 3.63) is 58.6 Å². The molecule has 0 radical (unpaired) electrons. The summed E-state index contributed by atoms with van der Waals surface area (Å²) in [7, 11) is 0.474. The average Bonchev–Trinajstić information content (AvgIpc) is 2.84. The van der Waals surface area contributed by atoms with Crippen molar-refractivity contribution in [3.63, 3.8) is 0 Å². The molecule has 3 unspecified atom stereocenters. The number of hydrogen-bond donors (Lipinski definition) is 1. The van der Waals surface area contributed by atoms with Gasteiger partial charge in [-0.1, -0.05) is 17.7 Å². The second kappa shape index (κ2) is 5.79. The zero-order valence-electron chi connectivity index (χ0n) is 11.6. The van der Waals surface area contributed by atoms with Crippen LogP contribution in [0.1, 0.15) is 17.2 Å². The van der Waals surface area contributed by atoms with Gasteiger partial charge in [0.25, 0.3) is 0 Å². The van der Waals surface area contributed by atoms with Crippen LogP contribution in [0.2, 0.25) is 5.02 Å². The van der Waals surface area contributed by atoms with Gasteiger partial charge in [-0.05, 0) is 53.9 Å². The standard InChI is InChI=1S/C16H16ClNO2S/c1-20-12-5-2-10-8-15(16(18)14(10)9-12)21(19)13-6-3-11(17)4-7-13/h2-7,9,15-16H,8,18H2,1H3. The Morgan fingerprint density at radius 1 is 1.24 bits per heavy atom. The quantitative estimate of drug-likeness (QED) is 0.945. The van der Waals surface area contributed by atoms with E-state index in [4.69, 9.17) is 22.1 Å². The van der Waals surface area contributed by atoms with Crippen LogP contribution in [0.5, 0.6) is 5.75 Å². The van der Waals surface area contributed by atoms with E-state index in [1.807, 2.05) is 18.2 Å². The van der Waals surface area contributed by atoms with Gasteiger partial charge < -0.3 is 10.5 Å². The molecule has 3 atom stereocenters. The third-order valence-corrected chi connectivity index (χ3v) is 5.85. The van der Waals surface area contributed by atoms with E-state index in [0.29, 0.717) is 5.02 Å². The fourth-order valence-corrected chi connectivity index (χ4v) is 4.32. The number of fused-ring (bicyclic) bond motifs is 1. The number of rotatable bonds is 3. The second-order valence-electron chi connectivity index (χ2n) is 5.08. The van der Waals surface area contributed by atoms with Crippen LogP contribution in [0.15, 0.2) is 47.4 Å². The average molecular weight is 322 g/mol. The van der Waals surface area contributed by atoms with Crippen molar-refractivity contribution in [1.82, 2.24) is 0 Å². The zero-order valence-corrected chi connectivity index (χ0v) is 13.2. The maximum atomic E-state index is 12.7. The Bertz CT molecular complexity index is 687. The van der Waals surface area contributed by atoms with Crippen molar-refractivity contribution in [2.75, 3.05) is 7.11 Å². The summed E-state index contributed by atoms with van der Waals surface area (Å²) in [6.45, 7) is 0. The molecule has 21 heavy (non-hydrogen) atoms. The smallest absolute Gasteiger partial charge is 0.119 e. The molecule has 0 amide bonds. The summed E-state index contributed by atoms with van der Waals surface area (Å²) in [4.78, 5) is 0.764. The first-order valence-corrected chi connectivity index (χ1v) is 8.28. The number of halogens is 1. The molecule has 2 aromatic rings. The minimum absolute atomic E-state index is 0.117. The molecule has 3 rings (SSSR count). The van der Waals surface area contributed by atoms with E-state index < -0.39 is 10.8 Å². The van der Waals surface area contributed by atoms with E-state index in [1.165, 1.54) is 0 Å². The Balaban J connectivity index is 1.88. The molecule has 2 aromatic carbocycles. The molecule has 5 heteroatoms. The molecule has 0 saturated heterocycles. The fourth-order valence-electron chi connectivity index (χ4n) is 2.69. The predicted molar refractivity (Wildman–Crippen MR) is 85.3 cm³/mol. The molecular formula is C16H16ClNO2S. The normalized spacial score (nSPS) is 21.9. The van der Waals surface area contributed by atoms with Gasteiger partial charge in [0, 0.05) is 16.0 Å². The first-order valence-electron chi connectivity index (χ1n) is 6.68. The molecule has 110 valence electrons. The molecule has 0 bridgehead atoms. The molecule has 0 fully saturated rings. The molecule has 0 aromatic heterocycles. The molecule has 3 nitrogen and oxygen atoms in total. The number of methoxy groups -OCH3 is 1. The minimum Gasteiger partial charge on any atom is -0.497 e. The van der Waals surface area contributed by atoms with Gasteiger partial charge in [0.15, 0.2) is 0 Å². The van der Waals surface area contributed by atoms with Crippen LogP contribution in [0, 0.1) is 0 Å². The lowest BCUT2D eigenvalue weighted by Crippen LogP contribution is -2.26. The van der Waals surface area contributed by atoms with Gasteiger partial charge in [-0.2, -0.15) is 0 Å². The first kappa shape index (κ1) is 14.6.